The molecule has 21 unspecified atom stereocenters. The summed E-state index contributed by atoms with van der Waals surface area (Å²) >= 11 is 3.64. The molecular formula is C109H151Br. The van der Waals surface area contributed by atoms with Gasteiger partial charge in [-0.3, -0.25) is 0 Å². The van der Waals surface area contributed by atoms with Crippen LogP contribution in [0.5, 0.6) is 0 Å². The van der Waals surface area contributed by atoms with Gasteiger partial charge in [-0.1, -0.05) is 308 Å². The monoisotopic (exact) mass is 1540 g/mol. The molecule has 17 aliphatic rings. The van der Waals surface area contributed by atoms with Gasteiger partial charge in [-0.05, 0) is 374 Å². The first-order valence-electron chi connectivity index (χ1n) is 47.5. The molecule has 0 amide bonds. The van der Waals surface area contributed by atoms with Crippen molar-refractivity contribution in [1.29, 1.82) is 0 Å². The van der Waals surface area contributed by atoms with E-state index in [2.05, 4.69) is 240 Å². The smallest absolute Gasteiger partial charge is 0.00596 e. The maximum Gasteiger partial charge on any atom is 0.00596 e. The molecule has 594 valence electrons. The van der Waals surface area contributed by atoms with Crippen LogP contribution >= 0.6 is 15.9 Å². The van der Waals surface area contributed by atoms with Gasteiger partial charge < -0.3 is 0 Å². The number of hydrogen-bond acceptors (Lipinski definition) is 0. The second kappa shape index (κ2) is 39.5. The Bertz CT molecular complexity index is 3640. The second-order valence-corrected chi connectivity index (χ2v) is 41.3. The molecule has 0 heterocycles. The minimum Gasteiger partial charge on any atom is -0.0925 e. The lowest BCUT2D eigenvalue weighted by Crippen LogP contribution is -2.24. The Morgan fingerprint density at radius 2 is 0.600 bits per heavy atom. The van der Waals surface area contributed by atoms with Gasteiger partial charge in [0, 0.05) is 5.33 Å². The largest absolute Gasteiger partial charge is 0.0925 e. The van der Waals surface area contributed by atoms with Crippen LogP contribution in [0.4, 0.5) is 0 Å². The van der Waals surface area contributed by atoms with Crippen molar-refractivity contribution in [3.63, 3.8) is 0 Å². The third kappa shape index (κ3) is 21.6. The first-order valence-corrected chi connectivity index (χ1v) is 48.6. The van der Waals surface area contributed by atoms with Gasteiger partial charge in [0.2, 0.25) is 0 Å². The maximum atomic E-state index is 3.64. The molecule has 110 heavy (non-hydrogen) atoms. The minimum atomic E-state index is 0.811. The Morgan fingerprint density at radius 3 is 0.945 bits per heavy atom. The van der Waals surface area contributed by atoms with Crippen LogP contribution in [-0.2, 0) is 25.7 Å². The predicted molar refractivity (Wildman–Crippen MR) is 476 cm³/mol. The van der Waals surface area contributed by atoms with Crippen LogP contribution in [0, 0.1) is 162 Å². The van der Waals surface area contributed by atoms with Crippen molar-refractivity contribution in [2.45, 2.75) is 291 Å². The Kier molecular flexibility index (Phi) is 29.0. The molecule has 0 spiro atoms. The highest BCUT2D eigenvalue weighted by Gasteiger charge is 2.43. The first kappa shape index (κ1) is 80.7. The van der Waals surface area contributed by atoms with E-state index < -0.39 is 0 Å². The third-order valence-corrected chi connectivity index (χ3v) is 34.2. The summed E-state index contributed by atoms with van der Waals surface area (Å²) in [5, 5.41) is 1.23. The number of fused-ring (bicyclic) bond motifs is 14. The number of allylic oxidation sites excluding steroid dienone is 14. The molecule has 14 bridgehead atoms. The third-order valence-electron chi connectivity index (χ3n) is 33.3. The molecule has 10 fully saturated rings. The van der Waals surface area contributed by atoms with Gasteiger partial charge in [-0.2, -0.15) is 0 Å². The van der Waals surface area contributed by atoms with E-state index in [1.807, 2.05) is 0 Å². The zero-order valence-electron chi connectivity index (χ0n) is 70.2. The number of alkyl halides is 1. The molecular weight excluding hydrogens is 1390 g/mol. The van der Waals surface area contributed by atoms with E-state index in [1.165, 1.54) is 263 Å². The van der Waals surface area contributed by atoms with Crippen LogP contribution in [0.15, 0.2) is 182 Å². The van der Waals surface area contributed by atoms with Gasteiger partial charge in [-0.15, -0.1) is 0 Å². The molecule has 0 radical (unpaired) electrons. The fraction of sp³-hybridized carbons (Fsp3) is 0.651. The summed E-state index contributed by atoms with van der Waals surface area (Å²) in [5.74, 6) is 26.0. The molecule has 21 rings (SSSR count). The van der Waals surface area contributed by atoms with E-state index in [0.717, 1.165) is 173 Å². The van der Waals surface area contributed by atoms with Crippen molar-refractivity contribution in [1.82, 2.24) is 0 Å². The molecule has 0 nitrogen and oxygen atoms in total. The van der Waals surface area contributed by atoms with Crippen molar-refractivity contribution in [2.75, 3.05) is 5.33 Å². The first-order chi connectivity index (χ1) is 53.9. The second-order valence-electron chi connectivity index (χ2n) is 40.6. The van der Waals surface area contributed by atoms with Gasteiger partial charge in [0.1, 0.15) is 0 Å². The molecule has 0 aliphatic heterocycles. The summed E-state index contributed by atoms with van der Waals surface area (Å²) in [4.78, 5) is 0. The van der Waals surface area contributed by atoms with Crippen LogP contribution in [-0.4, -0.2) is 5.33 Å². The molecule has 4 aromatic carbocycles. The van der Waals surface area contributed by atoms with Crippen LogP contribution in [0.3, 0.4) is 0 Å². The van der Waals surface area contributed by atoms with E-state index in [-0.39, 0.29) is 0 Å². The summed E-state index contributed by atoms with van der Waals surface area (Å²) in [5.41, 5.74) is 11.8. The lowest BCUT2D eigenvalue weighted by Gasteiger charge is -2.34. The SMILES string of the molecule is BrCC1CCC(C2CC3C=CC2C3)CC1.CC1CCC(CCC2CC3C=CC2C3)CC1.CCC1CCC(CCC2CC3C=CC2C3)CC1.CCc1ccc(C2CC3C=CC2C3)cc1.CCc1ccc(CCC2CC3C=CC2C3)cc1.Cc1ccc(C2CC3C=CC2C3)cc1.Cc1ccc(CCC2CC3C=CC2C3)cc1. The van der Waals surface area contributed by atoms with Crippen molar-refractivity contribution in [3.8, 4) is 0 Å². The number of hydrogen-bond donors (Lipinski definition) is 0. The van der Waals surface area contributed by atoms with Gasteiger partial charge in [0.25, 0.3) is 0 Å². The van der Waals surface area contributed by atoms with Gasteiger partial charge >= 0.3 is 0 Å². The Balaban J connectivity index is 0.000000102. The van der Waals surface area contributed by atoms with Crippen LogP contribution < -0.4 is 0 Å². The lowest BCUT2D eigenvalue weighted by molar-refractivity contribution is 0.192. The van der Waals surface area contributed by atoms with Crippen LogP contribution in [0.1, 0.15) is 296 Å². The van der Waals surface area contributed by atoms with Gasteiger partial charge in [0.15, 0.2) is 0 Å². The lowest BCUT2D eigenvalue weighted by atomic mass is 9.72. The molecule has 0 aromatic heterocycles. The van der Waals surface area contributed by atoms with Crippen molar-refractivity contribution >= 4 is 15.9 Å². The molecule has 0 saturated heterocycles. The normalized spacial score (nSPS) is 38.2. The maximum absolute atomic E-state index is 3.64. The minimum absolute atomic E-state index is 0.811. The van der Waals surface area contributed by atoms with E-state index in [9.17, 15) is 0 Å². The highest BCUT2D eigenvalue weighted by Crippen LogP contribution is 2.54. The molecule has 4 aromatic rings. The van der Waals surface area contributed by atoms with Gasteiger partial charge in [-0.25, -0.2) is 0 Å². The number of halogens is 1. The quantitative estimate of drug-likeness (QED) is 0.0648. The Hall–Kier alpha value is -4.46. The van der Waals surface area contributed by atoms with E-state index in [4.69, 9.17) is 0 Å². The Morgan fingerprint density at radius 1 is 0.282 bits per heavy atom. The van der Waals surface area contributed by atoms with E-state index >= 15 is 0 Å². The van der Waals surface area contributed by atoms with Crippen molar-refractivity contribution < 1.29 is 0 Å². The van der Waals surface area contributed by atoms with Crippen molar-refractivity contribution in [3.05, 3.63) is 227 Å². The summed E-state index contributed by atoms with van der Waals surface area (Å²) in [7, 11) is 0. The number of rotatable bonds is 19. The highest BCUT2D eigenvalue weighted by molar-refractivity contribution is 9.09. The molecule has 0 N–H and O–H groups in total. The summed E-state index contributed by atoms with van der Waals surface area (Å²) < 4.78 is 0. The highest BCUT2D eigenvalue weighted by atomic mass is 79.9. The molecule has 10 saturated carbocycles. The van der Waals surface area contributed by atoms with E-state index in [0.29, 0.717) is 0 Å². The number of benzene rings is 4. The summed E-state index contributed by atoms with van der Waals surface area (Å²) in [6.45, 7) is 13.5. The summed E-state index contributed by atoms with van der Waals surface area (Å²) in [6, 6.07) is 36.7. The molecule has 1 heteroatoms. The van der Waals surface area contributed by atoms with E-state index in [1.54, 1.807) is 11.1 Å². The fourth-order valence-electron chi connectivity index (χ4n) is 26.0. The topological polar surface area (TPSA) is 0 Å². The zero-order valence-corrected chi connectivity index (χ0v) is 71.7. The average molecular weight is 1540 g/mol. The predicted octanol–water partition coefficient (Wildman–Crippen LogP) is 30.5. The van der Waals surface area contributed by atoms with Crippen LogP contribution in [0.2, 0.25) is 0 Å². The zero-order chi connectivity index (χ0) is 75.3. The molecule has 17 aliphatic carbocycles. The van der Waals surface area contributed by atoms with Gasteiger partial charge in [0.05, 0.1) is 0 Å². The molecule has 21 atom stereocenters. The standard InChI is InChI=1S/C17H28.C17H22.C16H26.C16H20.C15H18.C14H21Br.C14H16/c2*1-2-13-3-5-14(6-4-13)7-9-16-11-15-8-10-17(16)12-15;2*1-12-2-4-13(5-3-12)6-8-15-10-14-7-9-16(15)11-14;1-2-11-3-6-13(7-4-11)15-10-12-5-8-14(15)9-12;15-9-10-1-4-12(5-2-10)14-8-11-3-6-13(14)7-11;1-10-2-5-12(6-3-10)14-9-11-4-7-13(14)8-11/h8,10,13-17H,2-7,9,11-12H2,1H3;3-6,8,10,15-17H,2,7,9,11-12H2,1H3;7,9,12-16H,2-6,8,10-11H2,1H3;2-5,7,9,14-16H,6,8,10-11H2,1H3;3-8,12,14-15H,2,9-10H2,1H3;3,6,10-14H,1-2,4-5,7-9H2;2-7,11,13-14H,8-9H2,1H3. The Labute approximate surface area is 682 Å². The number of aryl methyl sites for hydroxylation is 6. The summed E-state index contributed by atoms with van der Waals surface area (Å²) in [6.07, 6.45) is 88.2. The van der Waals surface area contributed by atoms with Crippen LogP contribution in [0.25, 0.3) is 0 Å². The average Bonchev–Trinajstić information content (AvgIpc) is 1.63. The van der Waals surface area contributed by atoms with Crippen molar-refractivity contribution in [2.24, 2.45) is 148 Å². The fourth-order valence-corrected chi connectivity index (χ4v) is 26.7.